The number of nitrogens with two attached hydrogens (primary N) is 1. The summed E-state index contributed by atoms with van der Waals surface area (Å²) < 4.78 is 0. The number of aliphatic hydroxyl groups is 1. The van der Waals surface area contributed by atoms with Crippen LogP contribution < -0.4 is 11.1 Å². The summed E-state index contributed by atoms with van der Waals surface area (Å²) >= 11 is 3.17. The lowest BCUT2D eigenvalue weighted by atomic mass is 10.4. The summed E-state index contributed by atoms with van der Waals surface area (Å²) in [6, 6.07) is 0. The van der Waals surface area contributed by atoms with E-state index in [9.17, 15) is 0 Å². The maximum Gasteiger partial charge on any atom is 0.0761 e. The number of rotatable bonds is 6. The fraction of sp³-hybridized carbons (Fsp3) is 1.00. The van der Waals surface area contributed by atoms with Crippen LogP contribution in [0.25, 0.3) is 0 Å². The maximum atomic E-state index is 9.02. The van der Waals surface area contributed by atoms with E-state index in [0.717, 1.165) is 13.0 Å². The van der Waals surface area contributed by atoms with Gasteiger partial charge < -0.3 is 16.2 Å². The zero-order chi connectivity index (χ0) is 7.82. The van der Waals surface area contributed by atoms with Gasteiger partial charge in [0.15, 0.2) is 0 Å². The van der Waals surface area contributed by atoms with Gasteiger partial charge in [-0.05, 0) is 19.5 Å². The van der Waals surface area contributed by atoms with Crippen LogP contribution in [0.1, 0.15) is 6.42 Å². The molecular weight excluding hydrogens is 356 g/mol. The van der Waals surface area contributed by atoms with E-state index in [1.807, 2.05) is 0 Å². The number of hydrogen-bond donors (Lipinski definition) is 3. The van der Waals surface area contributed by atoms with Gasteiger partial charge in [-0.25, -0.2) is 0 Å². The normalized spacial score (nSPS) is 11.2. The zero-order valence-electron chi connectivity index (χ0n) is 6.83. The monoisotopic (exact) mass is 370 g/mol. The van der Waals surface area contributed by atoms with E-state index in [1.165, 1.54) is 0 Å². The van der Waals surface area contributed by atoms with Crippen molar-refractivity contribution in [2.24, 2.45) is 5.73 Å². The largest absolute Gasteiger partial charge is 0.391 e. The van der Waals surface area contributed by atoms with Crippen LogP contribution in [0.2, 0.25) is 0 Å². The molecule has 1 unspecified atom stereocenters. The van der Waals surface area contributed by atoms with Crippen molar-refractivity contribution in [2.75, 3.05) is 25.0 Å². The third-order valence-corrected chi connectivity index (χ3v) is 1.86. The third kappa shape index (κ3) is 13.9. The molecular formula is C6H17Br3N2O. The van der Waals surface area contributed by atoms with E-state index < -0.39 is 0 Å². The lowest BCUT2D eigenvalue weighted by Gasteiger charge is -2.07. The number of aliphatic hydroxyl groups excluding tert-OH is 1. The Kier molecular flexibility index (Phi) is 23.4. The number of hydrogen-bond acceptors (Lipinski definition) is 3. The molecule has 0 radical (unpaired) electrons. The quantitative estimate of drug-likeness (QED) is 0.478. The summed E-state index contributed by atoms with van der Waals surface area (Å²) in [6.45, 7) is 2.24. The summed E-state index contributed by atoms with van der Waals surface area (Å²) in [5.41, 5.74) is 5.27. The van der Waals surface area contributed by atoms with Crippen molar-refractivity contribution in [3.8, 4) is 0 Å². The molecule has 0 aliphatic rings. The van der Waals surface area contributed by atoms with Crippen LogP contribution in [0.15, 0.2) is 0 Å². The summed E-state index contributed by atoms with van der Waals surface area (Å²) in [7, 11) is 0. The Hall–Kier alpha value is 1.32. The van der Waals surface area contributed by atoms with Crippen LogP contribution in [-0.2, 0) is 0 Å². The van der Waals surface area contributed by atoms with Crippen molar-refractivity contribution in [3.63, 3.8) is 0 Å². The van der Waals surface area contributed by atoms with Gasteiger partial charge in [0.1, 0.15) is 0 Å². The second-order valence-corrected chi connectivity index (χ2v) is 2.80. The predicted octanol–water partition coefficient (Wildman–Crippen LogP) is 0.836. The van der Waals surface area contributed by atoms with E-state index in [2.05, 4.69) is 21.2 Å². The van der Waals surface area contributed by atoms with E-state index in [0.29, 0.717) is 18.4 Å². The van der Waals surface area contributed by atoms with Gasteiger partial charge >= 0.3 is 0 Å². The molecule has 0 saturated carbocycles. The Morgan fingerprint density at radius 2 is 2.00 bits per heavy atom. The van der Waals surface area contributed by atoms with Crippen LogP contribution in [0, 0.1) is 0 Å². The Labute approximate surface area is 103 Å². The fourth-order valence-electron chi connectivity index (χ4n) is 0.550. The number of nitrogens with one attached hydrogen (secondary N) is 1. The molecule has 0 aromatic heterocycles. The third-order valence-electron chi connectivity index (χ3n) is 1.12. The van der Waals surface area contributed by atoms with Gasteiger partial charge in [0.2, 0.25) is 0 Å². The first kappa shape index (κ1) is 19.0. The van der Waals surface area contributed by atoms with Crippen LogP contribution in [-0.4, -0.2) is 36.2 Å². The van der Waals surface area contributed by atoms with Gasteiger partial charge in [-0.2, -0.15) is 0 Å². The standard InChI is InChI=1S/C6H15BrN2O.2BrH/c7-4-6(10)5-9-3-1-2-8;;/h6,9-10H,1-5,8H2;2*1H. The highest BCUT2D eigenvalue weighted by atomic mass is 79.9. The molecule has 0 bridgehead atoms. The molecule has 1 atom stereocenters. The Balaban J connectivity index is -0.000000405. The van der Waals surface area contributed by atoms with Crippen LogP contribution >= 0.6 is 49.9 Å². The summed E-state index contributed by atoms with van der Waals surface area (Å²) in [4.78, 5) is 0. The smallest absolute Gasteiger partial charge is 0.0761 e. The van der Waals surface area contributed by atoms with E-state index in [1.54, 1.807) is 0 Å². The van der Waals surface area contributed by atoms with Gasteiger partial charge in [0, 0.05) is 11.9 Å². The second-order valence-electron chi connectivity index (χ2n) is 2.15. The van der Waals surface area contributed by atoms with Gasteiger partial charge in [0.05, 0.1) is 6.10 Å². The molecule has 0 spiro atoms. The number of halogens is 3. The first-order chi connectivity index (χ1) is 4.81. The first-order valence-electron chi connectivity index (χ1n) is 3.46. The molecule has 0 aromatic rings. The van der Waals surface area contributed by atoms with E-state index in [4.69, 9.17) is 10.8 Å². The first-order valence-corrected chi connectivity index (χ1v) is 4.58. The van der Waals surface area contributed by atoms with Crippen LogP contribution in [0.5, 0.6) is 0 Å². The van der Waals surface area contributed by atoms with Crippen LogP contribution in [0.4, 0.5) is 0 Å². The highest BCUT2D eigenvalue weighted by Crippen LogP contribution is 1.87. The topological polar surface area (TPSA) is 58.3 Å². The van der Waals surface area contributed by atoms with Gasteiger partial charge in [-0.15, -0.1) is 34.0 Å². The molecule has 0 fully saturated rings. The Morgan fingerprint density at radius 3 is 2.42 bits per heavy atom. The minimum absolute atomic E-state index is 0. The molecule has 0 amide bonds. The zero-order valence-corrected chi connectivity index (χ0v) is 11.8. The SMILES string of the molecule is Br.Br.NCCCNCC(O)CBr. The molecule has 3 nitrogen and oxygen atoms in total. The highest BCUT2D eigenvalue weighted by Gasteiger charge is 1.98. The minimum atomic E-state index is -0.280. The lowest BCUT2D eigenvalue weighted by Crippen LogP contribution is -2.29. The molecule has 0 heterocycles. The molecule has 0 aromatic carbocycles. The average Bonchev–Trinajstić information content (AvgIpc) is 1.98. The van der Waals surface area contributed by atoms with Gasteiger partial charge in [0.25, 0.3) is 0 Å². The Morgan fingerprint density at radius 1 is 1.42 bits per heavy atom. The summed E-state index contributed by atoms with van der Waals surface area (Å²) in [5, 5.41) is 12.7. The van der Waals surface area contributed by atoms with E-state index >= 15 is 0 Å². The molecule has 78 valence electrons. The fourth-order valence-corrected chi connectivity index (χ4v) is 0.779. The van der Waals surface area contributed by atoms with E-state index in [-0.39, 0.29) is 40.1 Å². The molecule has 12 heavy (non-hydrogen) atoms. The number of alkyl halides is 1. The summed E-state index contributed by atoms with van der Waals surface area (Å²) in [5.74, 6) is 0. The molecule has 0 aliphatic carbocycles. The molecule has 4 N–H and O–H groups in total. The molecule has 0 rings (SSSR count). The predicted molar refractivity (Wildman–Crippen MR) is 67.0 cm³/mol. The molecule has 0 aliphatic heterocycles. The van der Waals surface area contributed by atoms with Gasteiger partial charge in [-0.1, -0.05) is 15.9 Å². The summed E-state index contributed by atoms with van der Waals surface area (Å²) in [6.07, 6.45) is 0.687. The average molecular weight is 373 g/mol. The lowest BCUT2D eigenvalue weighted by molar-refractivity contribution is 0.197. The second kappa shape index (κ2) is 14.8. The van der Waals surface area contributed by atoms with Crippen molar-refractivity contribution < 1.29 is 5.11 Å². The van der Waals surface area contributed by atoms with Crippen LogP contribution in [0.3, 0.4) is 0 Å². The van der Waals surface area contributed by atoms with Crippen molar-refractivity contribution in [2.45, 2.75) is 12.5 Å². The van der Waals surface area contributed by atoms with Crippen molar-refractivity contribution in [1.82, 2.24) is 5.32 Å². The molecule has 6 heteroatoms. The minimum Gasteiger partial charge on any atom is -0.391 e. The Bertz CT molecular complexity index is 77.8. The van der Waals surface area contributed by atoms with Crippen molar-refractivity contribution >= 4 is 49.9 Å². The maximum absolute atomic E-state index is 9.02. The van der Waals surface area contributed by atoms with Crippen molar-refractivity contribution in [3.05, 3.63) is 0 Å². The highest BCUT2D eigenvalue weighted by molar-refractivity contribution is 9.09. The van der Waals surface area contributed by atoms with Crippen molar-refractivity contribution in [1.29, 1.82) is 0 Å². The molecule has 0 saturated heterocycles. The van der Waals surface area contributed by atoms with Gasteiger partial charge in [-0.3, -0.25) is 0 Å².